The quantitative estimate of drug-likeness (QED) is 0.362. The lowest BCUT2D eigenvalue weighted by Crippen LogP contribution is -2.27. The molecule has 0 radical (unpaired) electrons. The molecule has 29 heavy (non-hydrogen) atoms. The average molecular weight is 416 g/mol. The van der Waals surface area contributed by atoms with Gasteiger partial charge in [-0.2, -0.15) is 0 Å². The number of hydrogen-bond donors (Lipinski definition) is 0. The van der Waals surface area contributed by atoms with Crippen LogP contribution in [-0.4, -0.2) is 63.8 Å². The summed E-state index contributed by atoms with van der Waals surface area (Å²) in [6, 6.07) is 9.70. The molecule has 9 nitrogen and oxygen atoms in total. The van der Waals surface area contributed by atoms with Crippen LogP contribution < -0.4 is 0 Å². The lowest BCUT2D eigenvalue weighted by atomic mass is 10.2. The highest BCUT2D eigenvalue weighted by atomic mass is 32.2. The molecule has 10 heteroatoms. The first-order valence-electron chi connectivity index (χ1n) is 8.91. The summed E-state index contributed by atoms with van der Waals surface area (Å²) in [5.41, 5.74) is 1.17. The number of ether oxygens (including phenoxy) is 2. The Labute approximate surface area is 171 Å². The molecule has 0 N–H and O–H groups in total. The molecule has 0 spiro atoms. The van der Waals surface area contributed by atoms with E-state index in [0.717, 1.165) is 5.56 Å². The minimum atomic E-state index is -0.572. The molecule has 1 aliphatic heterocycles. The number of methoxy groups -OCH3 is 1. The molecule has 0 unspecified atom stereocenters. The standard InChI is InChI=1S/C19H20N4O5S/c1-27-18(25)10-17-23(16(24)13-29-17)8-5-9-28-19(26)15-12-22(21-20-15)11-14-6-3-2-4-7-14/h2-4,6-7,10,12H,5,8-9,11,13H2,1H3/b17-10+. The molecule has 152 valence electrons. The summed E-state index contributed by atoms with van der Waals surface area (Å²) in [7, 11) is 1.28. The predicted octanol–water partition coefficient (Wildman–Crippen LogP) is 1.46. The Kier molecular flexibility index (Phi) is 7.01. The largest absolute Gasteiger partial charge is 0.466 e. The van der Waals surface area contributed by atoms with Crippen molar-refractivity contribution in [1.82, 2.24) is 19.9 Å². The normalized spacial score (nSPS) is 15.0. The van der Waals surface area contributed by atoms with Crippen LogP contribution in [0.4, 0.5) is 0 Å². The zero-order valence-electron chi connectivity index (χ0n) is 15.8. The molecule has 0 bridgehead atoms. The minimum Gasteiger partial charge on any atom is -0.466 e. The van der Waals surface area contributed by atoms with Gasteiger partial charge in [0.05, 0.1) is 43.3 Å². The second-order valence-corrected chi connectivity index (χ2v) is 7.11. The van der Waals surface area contributed by atoms with Gasteiger partial charge in [-0.15, -0.1) is 5.10 Å². The smallest absolute Gasteiger partial charge is 0.360 e. The van der Waals surface area contributed by atoms with Gasteiger partial charge in [-0.1, -0.05) is 47.3 Å². The van der Waals surface area contributed by atoms with Gasteiger partial charge in [-0.25, -0.2) is 14.3 Å². The van der Waals surface area contributed by atoms with Gasteiger partial charge in [0.2, 0.25) is 5.91 Å². The van der Waals surface area contributed by atoms with Gasteiger partial charge in [0.1, 0.15) is 0 Å². The van der Waals surface area contributed by atoms with Crippen LogP contribution >= 0.6 is 11.8 Å². The van der Waals surface area contributed by atoms with E-state index < -0.39 is 11.9 Å². The first-order valence-corrected chi connectivity index (χ1v) is 9.89. The van der Waals surface area contributed by atoms with E-state index in [9.17, 15) is 14.4 Å². The van der Waals surface area contributed by atoms with Gasteiger partial charge in [-0.3, -0.25) is 4.79 Å². The van der Waals surface area contributed by atoms with Gasteiger partial charge < -0.3 is 14.4 Å². The number of rotatable bonds is 8. The topological polar surface area (TPSA) is 104 Å². The van der Waals surface area contributed by atoms with Gasteiger partial charge in [0.25, 0.3) is 0 Å². The Hall–Kier alpha value is -3.14. The molecule has 1 aromatic carbocycles. The van der Waals surface area contributed by atoms with E-state index >= 15 is 0 Å². The molecule has 3 rings (SSSR count). The molecule has 1 fully saturated rings. The van der Waals surface area contributed by atoms with Crippen LogP contribution in [0.15, 0.2) is 47.6 Å². The Morgan fingerprint density at radius 2 is 2.07 bits per heavy atom. The van der Waals surface area contributed by atoms with Crippen LogP contribution in [0.3, 0.4) is 0 Å². The van der Waals surface area contributed by atoms with Gasteiger partial charge >= 0.3 is 11.9 Å². The van der Waals surface area contributed by atoms with Crippen molar-refractivity contribution in [1.29, 1.82) is 0 Å². The average Bonchev–Trinajstić information content (AvgIpc) is 3.33. The van der Waals surface area contributed by atoms with Crippen LogP contribution in [-0.2, 0) is 25.6 Å². The van der Waals surface area contributed by atoms with Crippen molar-refractivity contribution in [2.45, 2.75) is 13.0 Å². The van der Waals surface area contributed by atoms with Crippen LogP contribution in [0, 0.1) is 0 Å². The van der Waals surface area contributed by atoms with Crippen molar-refractivity contribution >= 4 is 29.6 Å². The fourth-order valence-electron chi connectivity index (χ4n) is 2.63. The number of hydrogen-bond acceptors (Lipinski definition) is 8. The summed E-state index contributed by atoms with van der Waals surface area (Å²) in [6.07, 6.45) is 3.24. The summed E-state index contributed by atoms with van der Waals surface area (Å²) in [5.74, 6) is -0.915. The number of esters is 2. The molecular formula is C19H20N4O5S. The van der Waals surface area contributed by atoms with E-state index in [4.69, 9.17) is 4.74 Å². The monoisotopic (exact) mass is 416 g/mol. The van der Waals surface area contributed by atoms with Crippen molar-refractivity contribution in [3.05, 3.63) is 58.9 Å². The molecule has 2 aromatic rings. The SMILES string of the molecule is COC(=O)/C=C1/SCC(=O)N1CCCOC(=O)c1cn(Cc2ccccc2)nn1. The molecule has 1 amide bonds. The van der Waals surface area contributed by atoms with E-state index in [0.29, 0.717) is 24.5 Å². The highest BCUT2D eigenvalue weighted by Gasteiger charge is 2.27. The third kappa shape index (κ3) is 5.67. The van der Waals surface area contributed by atoms with E-state index in [-0.39, 0.29) is 24.0 Å². The van der Waals surface area contributed by atoms with Crippen LogP contribution in [0.5, 0.6) is 0 Å². The minimum absolute atomic E-state index is 0.0969. The second kappa shape index (κ2) is 9.87. The summed E-state index contributed by atoms with van der Waals surface area (Å²) in [6.45, 7) is 0.956. The molecule has 0 saturated carbocycles. The van der Waals surface area contributed by atoms with E-state index in [1.807, 2.05) is 30.3 Å². The zero-order chi connectivity index (χ0) is 20.6. The molecular weight excluding hydrogens is 396 g/mol. The highest BCUT2D eigenvalue weighted by molar-refractivity contribution is 8.04. The first-order chi connectivity index (χ1) is 14.1. The van der Waals surface area contributed by atoms with Crippen molar-refractivity contribution in [2.75, 3.05) is 26.0 Å². The first kappa shape index (κ1) is 20.6. The van der Waals surface area contributed by atoms with Gasteiger partial charge in [-0.05, 0) is 12.0 Å². The van der Waals surface area contributed by atoms with E-state index in [1.54, 1.807) is 4.68 Å². The lowest BCUT2D eigenvalue weighted by molar-refractivity contribution is -0.134. The lowest BCUT2D eigenvalue weighted by Gasteiger charge is -2.16. The summed E-state index contributed by atoms with van der Waals surface area (Å²) in [4.78, 5) is 36.9. The fourth-order valence-corrected chi connectivity index (χ4v) is 3.59. The maximum absolute atomic E-state index is 12.1. The fraction of sp³-hybridized carbons (Fsp3) is 0.316. The Balaban J connectivity index is 1.46. The third-order valence-electron chi connectivity index (χ3n) is 4.05. The molecule has 0 atom stereocenters. The Morgan fingerprint density at radius 1 is 1.28 bits per heavy atom. The Bertz CT molecular complexity index is 912. The number of amides is 1. The molecule has 0 aliphatic carbocycles. The van der Waals surface area contributed by atoms with Gasteiger partial charge in [0, 0.05) is 6.54 Å². The summed E-state index contributed by atoms with van der Waals surface area (Å²) >= 11 is 1.27. The molecule has 2 heterocycles. The Morgan fingerprint density at radius 3 is 2.83 bits per heavy atom. The number of nitrogens with zero attached hydrogens (tertiary/aromatic N) is 4. The number of carbonyl (C=O) groups is 3. The van der Waals surface area contributed by atoms with Crippen molar-refractivity contribution in [3.8, 4) is 0 Å². The highest BCUT2D eigenvalue weighted by Crippen LogP contribution is 2.28. The molecule has 1 saturated heterocycles. The van der Waals surface area contributed by atoms with Crippen LogP contribution in [0.2, 0.25) is 0 Å². The maximum atomic E-state index is 12.1. The number of thioether (sulfide) groups is 1. The van der Waals surface area contributed by atoms with Crippen molar-refractivity contribution in [3.63, 3.8) is 0 Å². The van der Waals surface area contributed by atoms with Gasteiger partial charge in [0.15, 0.2) is 5.69 Å². The van der Waals surface area contributed by atoms with Crippen LogP contribution in [0.25, 0.3) is 0 Å². The summed E-state index contributed by atoms with van der Waals surface area (Å²) < 4.78 is 11.4. The zero-order valence-corrected chi connectivity index (χ0v) is 16.6. The second-order valence-electron chi connectivity index (χ2n) is 6.12. The molecule has 1 aromatic heterocycles. The maximum Gasteiger partial charge on any atom is 0.360 e. The predicted molar refractivity (Wildman–Crippen MR) is 105 cm³/mol. The summed E-state index contributed by atoms with van der Waals surface area (Å²) in [5, 5.41) is 8.32. The number of aromatic nitrogens is 3. The number of carbonyl (C=O) groups excluding carboxylic acids is 3. The van der Waals surface area contributed by atoms with E-state index in [1.165, 1.54) is 36.0 Å². The van der Waals surface area contributed by atoms with Crippen molar-refractivity contribution < 1.29 is 23.9 Å². The molecule has 1 aliphatic rings. The third-order valence-corrected chi connectivity index (χ3v) is 5.07. The van der Waals surface area contributed by atoms with E-state index in [2.05, 4.69) is 15.0 Å². The van der Waals surface area contributed by atoms with Crippen molar-refractivity contribution in [2.24, 2.45) is 0 Å². The van der Waals surface area contributed by atoms with Crippen LogP contribution in [0.1, 0.15) is 22.5 Å². The number of benzene rings is 1.